The lowest BCUT2D eigenvalue weighted by atomic mass is 10.1. The first-order chi connectivity index (χ1) is 9.06. The fourth-order valence-corrected chi connectivity index (χ4v) is 1.92. The van der Waals surface area contributed by atoms with Crippen molar-refractivity contribution in [1.82, 2.24) is 10.3 Å². The van der Waals surface area contributed by atoms with E-state index in [-0.39, 0.29) is 17.5 Å². The van der Waals surface area contributed by atoms with Crippen LogP contribution in [0.1, 0.15) is 34.6 Å². The molecule has 0 aliphatic rings. The number of rotatable bonds is 3. The van der Waals surface area contributed by atoms with Gasteiger partial charge in [-0.15, -0.1) is 0 Å². The van der Waals surface area contributed by atoms with Crippen LogP contribution in [-0.4, -0.2) is 10.9 Å². The number of hydrogen-bond donors (Lipinski definition) is 2. The third-order valence-corrected chi connectivity index (χ3v) is 2.89. The van der Waals surface area contributed by atoms with Crippen LogP contribution in [0.3, 0.4) is 0 Å². The Labute approximate surface area is 111 Å². The van der Waals surface area contributed by atoms with E-state index in [0.717, 1.165) is 5.56 Å². The molecule has 1 aromatic carbocycles. The smallest absolute Gasteiger partial charge is 0.252 e. The predicted molar refractivity (Wildman–Crippen MR) is 74.1 cm³/mol. The topological polar surface area (TPSA) is 62.0 Å². The molecular formula is C15H16N2O2. The molecule has 98 valence electrons. The van der Waals surface area contributed by atoms with Crippen LogP contribution in [0.15, 0.2) is 47.3 Å². The van der Waals surface area contributed by atoms with E-state index < -0.39 is 0 Å². The molecular weight excluding hydrogens is 240 g/mol. The lowest BCUT2D eigenvalue weighted by Crippen LogP contribution is -2.27. The molecule has 1 heterocycles. The van der Waals surface area contributed by atoms with Gasteiger partial charge >= 0.3 is 0 Å². The maximum absolute atomic E-state index is 12.1. The van der Waals surface area contributed by atoms with Crippen molar-refractivity contribution < 1.29 is 4.79 Å². The van der Waals surface area contributed by atoms with Gasteiger partial charge in [-0.25, -0.2) is 0 Å². The van der Waals surface area contributed by atoms with Crippen molar-refractivity contribution in [1.29, 1.82) is 0 Å². The van der Waals surface area contributed by atoms with E-state index in [0.29, 0.717) is 11.3 Å². The summed E-state index contributed by atoms with van der Waals surface area (Å²) in [6.45, 7) is 3.66. The van der Waals surface area contributed by atoms with Crippen LogP contribution < -0.4 is 10.9 Å². The maximum atomic E-state index is 12.1. The molecule has 1 amide bonds. The van der Waals surface area contributed by atoms with E-state index in [4.69, 9.17) is 0 Å². The minimum absolute atomic E-state index is 0.103. The van der Waals surface area contributed by atoms with Gasteiger partial charge in [-0.1, -0.05) is 30.3 Å². The van der Waals surface area contributed by atoms with Gasteiger partial charge in [0.1, 0.15) is 0 Å². The second-order valence-electron chi connectivity index (χ2n) is 4.52. The summed E-state index contributed by atoms with van der Waals surface area (Å²) < 4.78 is 0. The maximum Gasteiger partial charge on any atom is 0.252 e. The highest BCUT2D eigenvalue weighted by Crippen LogP contribution is 2.12. The largest absolute Gasteiger partial charge is 0.346 e. The molecule has 0 radical (unpaired) electrons. The molecule has 4 nitrogen and oxygen atoms in total. The molecule has 2 N–H and O–H groups in total. The Hall–Kier alpha value is -2.36. The standard InChI is InChI=1S/C15H16N2O2/c1-10-8-13(9-14(18)16-10)15(19)17-11(2)12-6-4-3-5-7-12/h3-9,11H,1-2H3,(H,16,18)(H,17,19). The number of aromatic nitrogens is 1. The van der Waals surface area contributed by atoms with Crippen molar-refractivity contribution in [2.24, 2.45) is 0 Å². The van der Waals surface area contributed by atoms with E-state index in [1.165, 1.54) is 6.07 Å². The number of H-pyrrole nitrogens is 1. The SMILES string of the molecule is Cc1cc(C(=O)NC(C)c2ccccc2)cc(=O)[nH]1. The molecule has 0 aliphatic heterocycles. The molecule has 0 spiro atoms. The second kappa shape index (κ2) is 5.52. The summed E-state index contributed by atoms with van der Waals surface area (Å²) in [5.41, 5.74) is 1.81. The van der Waals surface area contributed by atoms with Gasteiger partial charge in [0.15, 0.2) is 0 Å². The van der Waals surface area contributed by atoms with E-state index >= 15 is 0 Å². The quantitative estimate of drug-likeness (QED) is 0.884. The average Bonchev–Trinajstić information content (AvgIpc) is 2.38. The summed E-state index contributed by atoms with van der Waals surface area (Å²) in [4.78, 5) is 26.0. The molecule has 4 heteroatoms. The number of nitrogens with one attached hydrogen (secondary N) is 2. The summed E-state index contributed by atoms with van der Waals surface area (Å²) in [6.07, 6.45) is 0. The van der Waals surface area contributed by atoms with E-state index in [2.05, 4.69) is 10.3 Å². The minimum atomic E-state index is -0.266. The monoisotopic (exact) mass is 256 g/mol. The Morgan fingerprint density at radius 3 is 2.53 bits per heavy atom. The van der Waals surface area contributed by atoms with Crippen molar-refractivity contribution in [2.45, 2.75) is 19.9 Å². The molecule has 1 aromatic heterocycles. The van der Waals surface area contributed by atoms with Crippen LogP contribution in [0.5, 0.6) is 0 Å². The van der Waals surface area contributed by atoms with Gasteiger partial charge in [-0.2, -0.15) is 0 Å². The number of benzene rings is 1. The third-order valence-electron chi connectivity index (χ3n) is 2.89. The zero-order valence-corrected chi connectivity index (χ0v) is 10.9. The van der Waals surface area contributed by atoms with Crippen LogP contribution in [0.2, 0.25) is 0 Å². The van der Waals surface area contributed by atoms with Crippen LogP contribution in [0.4, 0.5) is 0 Å². The molecule has 19 heavy (non-hydrogen) atoms. The fraction of sp³-hybridized carbons (Fsp3) is 0.200. The highest BCUT2D eigenvalue weighted by Gasteiger charge is 2.11. The Balaban J connectivity index is 2.15. The van der Waals surface area contributed by atoms with Crippen molar-refractivity contribution in [3.63, 3.8) is 0 Å². The molecule has 0 saturated carbocycles. The Morgan fingerprint density at radius 2 is 1.89 bits per heavy atom. The number of aromatic amines is 1. The Bertz CT molecular complexity index is 632. The van der Waals surface area contributed by atoms with E-state index in [1.807, 2.05) is 37.3 Å². The van der Waals surface area contributed by atoms with Gasteiger partial charge < -0.3 is 10.3 Å². The highest BCUT2D eigenvalue weighted by molar-refractivity contribution is 5.94. The number of hydrogen-bond acceptors (Lipinski definition) is 2. The summed E-state index contributed by atoms with van der Waals surface area (Å²) in [7, 11) is 0. The normalized spacial score (nSPS) is 11.9. The Morgan fingerprint density at radius 1 is 1.21 bits per heavy atom. The first-order valence-electron chi connectivity index (χ1n) is 6.13. The van der Waals surface area contributed by atoms with Crippen LogP contribution in [-0.2, 0) is 0 Å². The third kappa shape index (κ3) is 3.31. The van der Waals surface area contributed by atoms with Crippen LogP contribution in [0.25, 0.3) is 0 Å². The van der Waals surface area contributed by atoms with Crippen molar-refractivity contribution in [3.8, 4) is 0 Å². The number of carbonyl (C=O) groups is 1. The van der Waals surface area contributed by atoms with Gasteiger partial charge in [0.25, 0.3) is 5.91 Å². The second-order valence-corrected chi connectivity index (χ2v) is 4.52. The lowest BCUT2D eigenvalue weighted by Gasteiger charge is -2.14. The molecule has 1 atom stereocenters. The van der Waals surface area contributed by atoms with Gasteiger partial charge in [0.05, 0.1) is 6.04 Å². The van der Waals surface area contributed by atoms with Crippen molar-refractivity contribution in [2.75, 3.05) is 0 Å². The molecule has 0 fully saturated rings. The van der Waals surface area contributed by atoms with Gasteiger partial charge in [-0.05, 0) is 25.5 Å². The summed E-state index contributed by atoms with van der Waals surface area (Å²) >= 11 is 0. The van der Waals surface area contributed by atoms with Crippen LogP contribution in [0, 0.1) is 6.92 Å². The summed E-state index contributed by atoms with van der Waals surface area (Å²) in [5, 5.41) is 2.88. The molecule has 0 bridgehead atoms. The molecule has 2 aromatic rings. The zero-order chi connectivity index (χ0) is 13.8. The first-order valence-corrected chi connectivity index (χ1v) is 6.13. The van der Waals surface area contributed by atoms with Crippen LogP contribution >= 0.6 is 0 Å². The minimum Gasteiger partial charge on any atom is -0.346 e. The predicted octanol–water partition coefficient (Wildman–Crippen LogP) is 2.17. The number of aryl methyl sites for hydroxylation is 1. The molecule has 0 aliphatic carbocycles. The molecule has 1 unspecified atom stereocenters. The lowest BCUT2D eigenvalue weighted by molar-refractivity contribution is 0.0939. The molecule has 0 saturated heterocycles. The number of carbonyl (C=O) groups excluding carboxylic acids is 1. The Kier molecular flexibility index (Phi) is 3.80. The number of amides is 1. The van der Waals surface area contributed by atoms with Gasteiger partial charge in [0.2, 0.25) is 5.56 Å². The fourth-order valence-electron chi connectivity index (χ4n) is 1.92. The van der Waals surface area contributed by atoms with Gasteiger partial charge in [-0.3, -0.25) is 9.59 Å². The summed E-state index contributed by atoms with van der Waals surface area (Å²) in [5.74, 6) is -0.245. The average molecular weight is 256 g/mol. The van der Waals surface area contributed by atoms with Crippen molar-refractivity contribution in [3.05, 3.63) is 69.6 Å². The first kappa shape index (κ1) is 13.1. The van der Waals surface area contributed by atoms with E-state index in [9.17, 15) is 9.59 Å². The summed E-state index contributed by atoms with van der Waals surface area (Å²) in [6, 6.07) is 12.5. The zero-order valence-electron chi connectivity index (χ0n) is 10.9. The van der Waals surface area contributed by atoms with Crippen molar-refractivity contribution >= 4 is 5.91 Å². The molecule has 2 rings (SSSR count). The highest BCUT2D eigenvalue weighted by atomic mass is 16.2. The van der Waals surface area contributed by atoms with E-state index in [1.54, 1.807) is 13.0 Å². The van der Waals surface area contributed by atoms with Gasteiger partial charge in [0, 0.05) is 17.3 Å². The number of pyridine rings is 1.